The van der Waals surface area contributed by atoms with Crippen LogP contribution in [0.1, 0.15) is 39.2 Å². The second kappa shape index (κ2) is 5.35. The molecule has 4 nitrogen and oxygen atoms in total. The van der Waals surface area contributed by atoms with E-state index in [0.717, 1.165) is 16.8 Å². The third kappa shape index (κ3) is 2.08. The van der Waals surface area contributed by atoms with Gasteiger partial charge in [-0.25, -0.2) is 4.39 Å². The zero-order valence-electron chi connectivity index (χ0n) is 14.7. The lowest BCUT2D eigenvalue weighted by Gasteiger charge is -2.48. The van der Waals surface area contributed by atoms with Crippen molar-refractivity contribution >= 4 is 5.78 Å². The van der Waals surface area contributed by atoms with Crippen LogP contribution in [0.25, 0.3) is 0 Å². The number of Topliss-reactive ketones (excluding diaryl/α,β-unsaturated/α-hetero) is 1. The van der Waals surface area contributed by atoms with Crippen LogP contribution >= 0.6 is 0 Å². The Kier molecular flexibility index (Phi) is 3.46. The number of nitrogens with one attached hydrogen (secondary N) is 1. The highest BCUT2D eigenvalue weighted by Gasteiger charge is 2.56. The zero-order valence-corrected chi connectivity index (χ0v) is 14.7. The van der Waals surface area contributed by atoms with E-state index in [1.807, 2.05) is 37.3 Å². The lowest BCUT2D eigenvalue weighted by molar-refractivity contribution is -0.126. The molecule has 0 bridgehead atoms. The second-order valence-electron chi connectivity index (χ2n) is 7.73. The molecule has 1 unspecified atom stereocenters. The molecule has 0 fully saturated rings. The number of alkyl halides is 1. The van der Waals surface area contributed by atoms with E-state index in [9.17, 15) is 9.18 Å². The number of rotatable bonds is 2. The third-order valence-corrected chi connectivity index (χ3v) is 5.80. The molecule has 25 heavy (non-hydrogen) atoms. The zero-order chi connectivity index (χ0) is 17.8. The van der Waals surface area contributed by atoms with Crippen LogP contribution in [0, 0.1) is 5.41 Å². The first-order valence-corrected chi connectivity index (χ1v) is 8.76. The summed E-state index contributed by atoms with van der Waals surface area (Å²) in [5, 5.41) is 11.7. The molecule has 0 saturated heterocycles. The van der Waals surface area contributed by atoms with Crippen molar-refractivity contribution < 1.29 is 9.18 Å². The summed E-state index contributed by atoms with van der Waals surface area (Å²) in [4.78, 5) is 13.2. The van der Waals surface area contributed by atoms with Crippen LogP contribution in [0.4, 0.5) is 4.39 Å². The van der Waals surface area contributed by atoms with Crippen LogP contribution in [0.15, 0.2) is 63.6 Å². The molecule has 0 amide bonds. The van der Waals surface area contributed by atoms with Gasteiger partial charge in [0, 0.05) is 22.3 Å². The van der Waals surface area contributed by atoms with Crippen LogP contribution in [-0.4, -0.2) is 18.1 Å². The van der Waals surface area contributed by atoms with E-state index in [1.165, 1.54) is 0 Å². The van der Waals surface area contributed by atoms with Crippen molar-refractivity contribution in [3.63, 3.8) is 0 Å². The minimum absolute atomic E-state index is 0.279. The summed E-state index contributed by atoms with van der Waals surface area (Å²) in [5.41, 5.74) is 1.90. The summed E-state index contributed by atoms with van der Waals surface area (Å²) < 4.78 is 15.0. The van der Waals surface area contributed by atoms with Gasteiger partial charge < -0.3 is 5.32 Å². The number of azo groups is 1. The van der Waals surface area contributed by atoms with Gasteiger partial charge in [-0.05, 0) is 18.4 Å². The molecule has 1 N–H and O–H groups in total. The topological polar surface area (TPSA) is 53.8 Å². The first-order chi connectivity index (χ1) is 11.9. The van der Waals surface area contributed by atoms with Crippen molar-refractivity contribution in [3.05, 3.63) is 58.9 Å². The molecule has 130 valence electrons. The summed E-state index contributed by atoms with van der Waals surface area (Å²) in [5.74, 6) is -0.407. The van der Waals surface area contributed by atoms with Gasteiger partial charge in [0.1, 0.15) is 0 Å². The number of ketones is 1. The average Bonchev–Trinajstić information content (AvgIpc) is 3.07. The third-order valence-electron chi connectivity index (χ3n) is 5.80. The highest BCUT2D eigenvalue weighted by atomic mass is 19.1. The highest BCUT2D eigenvalue weighted by molar-refractivity contribution is 6.04. The Bertz CT molecular complexity index is 825. The van der Waals surface area contributed by atoms with Crippen molar-refractivity contribution in [1.82, 2.24) is 5.32 Å². The maximum absolute atomic E-state index is 15.0. The number of nitrogens with zero attached hydrogens (tertiary/aromatic N) is 2. The van der Waals surface area contributed by atoms with E-state index in [-0.39, 0.29) is 6.17 Å². The van der Waals surface area contributed by atoms with Crippen molar-refractivity contribution in [1.29, 1.82) is 0 Å². The second-order valence-corrected chi connectivity index (χ2v) is 7.73. The quantitative estimate of drug-likeness (QED) is 0.878. The summed E-state index contributed by atoms with van der Waals surface area (Å²) in [6.07, 6.45) is 1.10. The van der Waals surface area contributed by atoms with Gasteiger partial charge in [-0.3, -0.25) is 4.79 Å². The molecule has 0 radical (unpaired) electrons. The fraction of sp³-hybridized carbons (Fsp3) is 0.450. The predicted molar refractivity (Wildman–Crippen MR) is 93.6 cm³/mol. The maximum atomic E-state index is 15.0. The normalized spacial score (nSPS) is 32.8. The van der Waals surface area contributed by atoms with Crippen molar-refractivity contribution in [2.45, 2.75) is 51.4 Å². The number of halogens is 1. The van der Waals surface area contributed by atoms with E-state index in [2.05, 4.69) is 15.5 Å². The number of hydrogen-bond donors (Lipinski definition) is 1. The van der Waals surface area contributed by atoms with Crippen LogP contribution in [-0.2, 0) is 10.2 Å². The number of hydrogen-bond acceptors (Lipinski definition) is 4. The molecule has 1 aliphatic carbocycles. The number of benzene rings is 1. The smallest absolute Gasteiger partial charge is 0.196 e. The Hall–Kier alpha value is -2.30. The number of carbonyl (C=O) groups is 1. The van der Waals surface area contributed by atoms with Crippen LogP contribution in [0.3, 0.4) is 0 Å². The minimum Gasteiger partial charge on any atom is -0.362 e. The Balaban J connectivity index is 2.01. The molecule has 2 heterocycles. The van der Waals surface area contributed by atoms with E-state index in [4.69, 9.17) is 0 Å². The largest absolute Gasteiger partial charge is 0.362 e. The number of allylic oxidation sites excluding steroid dienone is 2. The van der Waals surface area contributed by atoms with E-state index in [0.29, 0.717) is 18.4 Å². The summed E-state index contributed by atoms with van der Waals surface area (Å²) in [6.45, 7) is 5.65. The van der Waals surface area contributed by atoms with Gasteiger partial charge in [0.15, 0.2) is 18.1 Å². The van der Waals surface area contributed by atoms with Gasteiger partial charge in [-0.1, -0.05) is 51.1 Å². The van der Waals surface area contributed by atoms with Crippen LogP contribution in [0.5, 0.6) is 0 Å². The fourth-order valence-corrected chi connectivity index (χ4v) is 4.53. The standard InChI is InChI=1S/C20H22FN3O/c1-4-20(12-8-6-5-7-9-12)13-11-22-24-18(13)23-14-10-19(2,3)17(21)16(25)15(14)20/h5-9,11,17-18,23H,4,10H2,1-3H3/t17-,18?,20+/m0/s1. The maximum Gasteiger partial charge on any atom is 0.196 e. The van der Waals surface area contributed by atoms with Crippen molar-refractivity contribution in [2.24, 2.45) is 15.6 Å². The summed E-state index contributed by atoms with van der Waals surface area (Å²) in [7, 11) is 0. The average molecular weight is 339 g/mol. The van der Waals surface area contributed by atoms with E-state index < -0.39 is 22.8 Å². The summed E-state index contributed by atoms with van der Waals surface area (Å²) >= 11 is 0. The monoisotopic (exact) mass is 339 g/mol. The number of fused-ring (bicyclic) bond motifs is 1. The van der Waals surface area contributed by atoms with Gasteiger partial charge in [0.25, 0.3) is 0 Å². The SMILES string of the molecule is CC[C@@]1(c2ccccc2)C2=CN=NC2NC2=C1C(=O)[C@H](F)C(C)(C)C2. The molecule has 1 aromatic rings. The molecule has 2 aliphatic heterocycles. The summed E-state index contributed by atoms with van der Waals surface area (Å²) in [6, 6.07) is 9.88. The molecule has 5 heteroatoms. The lowest BCUT2D eigenvalue weighted by atomic mass is 9.58. The van der Waals surface area contributed by atoms with Gasteiger partial charge in [-0.2, -0.15) is 10.2 Å². The molecule has 0 aromatic heterocycles. The van der Waals surface area contributed by atoms with Gasteiger partial charge >= 0.3 is 0 Å². The molecule has 0 saturated carbocycles. The van der Waals surface area contributed by atoms with Crippen LogP contribution < -0.4 is 5.32 Å². The molecule has 1 aromatic carbocycles. The Labute approximate surface area is 146 Å². The first kappa shape index (κ1) is 16.2. The van der Waals surface area contributed by atoms with E-state index >= 15 is 0 Å². The first-order valence-electron chi connectivity index (χ1n) is 8.76. The minimum atomic E-state index is -1.50. The van der Waals surface area contributed by atoms with Crippen molar-refractivity contribution in [3.8, 4) is 0 Å². The molecule has 0 spiro atoms. The van der Waals surface area contributed by atoms with E-state index in [1.54, 1.807) is 20.0 Å². The molecule has 3 aliphatic rings. The lowest BCUT2D eigenvalue weighted by Crippen LogP contribution is -2.54. The van der Waals surface area contributed by atoms with Gasteiger partial charge in [0.05, 0.1) is 11.6 Å². The Morgan fingerprint density at radius 3 is 2.68 bits per heavy atom. The fourth-order valence-electron chi connectivity index (χ4n) is 4.53. The van der Waals surface area contributed by atoms with Crippen LogP contribution in [0.2, 0.25) is 0 Å². The predicted octanol–water partition coefficient (Wildman–Crippen LogP) is 4.20. The highest BCUT2D eigenvalue weighted by Crippen LogP contribution is 2.54. The Morgan fingerprint density at radius 1 is 1.28 bits per heavy atom. The van der Waals surface area contributed by atoms with Crippen molar-refractivity contribution in [2.75, 3.05) is 0 Å². The molecule has 4 rings (SSSR count). The molecule has 3 atom stereocenters. The molecular formula is C20H22FN3O. The number of carbonyl (C=O) groups excluding carboxylic acids is 1. The van der Waals surface area contributed by atoms with Gasteiger partial charge in [-0.15, -0.1) is 0 Å². The molecular weight excluding hydrogens is 317 g/mol. The van der Waals surface area contributed by atoms with Gasteiger partial charge in [0.2, 0.25) is 0 Å². The Morgan fingerprint density at radius 2 is 2.00 bits per heavy atom.